The molecular weight excluding hydrogens is 300 g/mol. The Morgan fingerprint density at radius 2 is 1.92 bits per heavy atom. The molecule has 0 saturated carbocycles. The molecule has 0 radical (unpaired) electrons. The Kier molecular flexibility index (Phi) is 4.02. The van der Waals surface area contributed by atoms with E-state index in [1.807, 2.05) is 30.6 Å². The average Bonchev–Trinajstić information content (AvgIpc) is 2.95. The van der Waals surface area contributed by atoms with Gasteiger partial charge in [-0.2, -0.15) is 0 Å². The highest BCUT2D eigenvalue weighted by Crippen LogP contribution is 2.39. The Bertz CT molecular complexity index is 696. The third-order valence-corrected chi connectivity index (χ3v) is 5.35. The lowest BCUT2D eigenvalue weighted by molar-refractivity contribution is -0.121. The summed E-state index contributed by atoms with van der Waals surface area (Å²) in [5, 5.41) is 3.30. The van der Waals surface area contributed by atoms with Crippen molar-refractivity contribution in [3.63, 3.8) is 0 Å². The summed E-state index contributed by atoms with van der Waals surface area (Å²) in [5.74, 6) is 0.139. The first kappa shape index (κ1) is 15.3. The number of amides is 1. The molecule has 1 atom stereocenters. The lowest BCUT2D eigenvalue weighted by atomic mass is 9.82. The Balaban J connectivity index is 1.39. The summed E-state index contributed by atoms with van der Waals surface area (Å²) in [6.45, 7) is 2.96. The molecule has 5 nitrogen and oxygen atoms in total. The van der Waals surface area contributed by atoms with Gasteiger partial charge < -0.3 is 5.32 Å². The molecule has 2 aliphatic rings. The van der Waals surface area contributed by atoms with Crippen LogP contribution >= 0.6 is 0 Å². The summed E-state index contributed by atoms with van der Waals surface area (Å²) < 4.78 is 0. The van der Waals surface area contributed by atoms with Crippen LogP contribution in [0.3, 0.4) is 0 Å². The maximum Gasteiger partial charge on any atom is 0.228 e. The standard InChI is InChI=1S/C19H22N4O/c24-18-17(16-3-8-20-9-4-16)12-19(22-18)5-10-23(11-6-19)14-15-2-1-7-21-13-15/h1-4,7-9,13,17H,5-6,10-12,14H2,(H,22,24)/t17-/m0/s1. The van der Waals surface area contributed by atoms with Crippen LogP contribution in [-0.4, -0.2) is 39.4 Å². The zero-order chi connectivity index (χ0) is 16.4. The summed E-state index contributed by atoms with van der Waals surface area (Å²) in [7, 11) is 0. The number of likely N-dealkylation sites (tertiary alicyclic amines) is 1. The molecule has 2 aliphatic heterocycles. The number of piperidine rings is 1. The van der Waals surface area contributed by atoms with E-state index in [0.717, 1.165) is 44.5 Å². The van der Waals surface area contributed by atoms with Crippen molar-refractivity contribution >= 4 is 5.91 Å². The fourth-order valence-corrected chi connectivity index (χ4v) is 3.97. The number of rotatable bonds is 3. The molecule has 1 amide bonds. The lowest BCUT2D eigenvalue weighted by Crippen LogP contribution is -2.50. The van der Waals surface area contributed by atoms with Crippen molar-refractivity contribution in [3.05, 3.63) is 60.2 Å². The number of carbonyl (C=O) groups excluding carboxylic acids is 1. The van der Waals surface area contributed by atoms with Crippen molar-refractivity contribution < 1.29 is 4.79 Å². The molecule has 2 saturated heterocycles. The van der Waals surface area contributed by atoms with Gasteiger partial charge in [-0.15, -0.1) is 0 Å². The van der Waals surface area contributed by atoms with Gasteiger partial charge >= 0.3 is 0 Å². The largest absolute Gasteiger partial charge is 0.350 e. The molecule has 124 valence electrons. The maximum absolute atomic E-state index is 12.5. The Labute approximate surface area is 142 Å². The van der Waals surface area contributed by atoms with Crippen LogP contribution in [-0.2, 0) is 11.3 Å². The van der Waals surface area contributed by atoms with Crippen LogP contribution in [0.2, 0.25) is 0 Å². The molecule has 5 heteroatoms. The van der Waals surface area contributed by atoms with Gasteiger partial charge in [-0.1, -0.05) is 6.07 Å². The van der Waals surface area contributed by atoms with E-state index in [1.165, 1.54) is 5.56 Å². The highest BCUT2D eigenvalue weighted by molar-refractivity contribution is 5.87. The SMILES string of the molecule is O=C1NC2(CCN(Cc3cccnc3)CC2)C[C@H]1c1ccncc1. The zero-order valence-corrected chi connectivity index (χ0v) is 13.7. The van der Waals surface area contributed by atoms with Crippen molar-refractivity contribution in [2.75, 3.05) is 13.1 Å². The number of nitrogens with zero attached hydrogens (tertiary/aromatic N) is 3. The average molecular weight is 322 g/mol. The van der Waals surface area contributed by atoms with Gasteiger partial charge in [0.15, 0.2) is 0 Å². The number of carbonyl (C=O) groups is 1. The third kappa shape index (κ3) is 3.04. The maximum atomic E-state index is 12.5. The smallest absolute Gasteiger partial charge is 0.228 e. The van der Waals surface area contributed by atoms with Gasteiger partial charge in [0.25, 0.3) is 0 Å². The second-order valence-electron chi connectivity index (χ2n) is 6.94. The van der Waals surface area contributed by atoms with Crippen molar-refractivity contribution in [1.29, 1.82) is 0 Å². The molecule has 2 fully saturated rings. The van der Waals surface area contributed by atoms with Gasteiger partial charge in [-0.25, -0.2) is 0 Å². The van der Waals surface area contributed by atoms with Crippen molar-refractivity contribution in [2.45, 2.75) is 37.3 Å². The minimum atomic E-state index is -0.0313. The van der Waals surface area contributed by atoms with Gasteiger partial charge in [0.05, 0.1) is 5.92 Å². The third-order valence-electron chi connectivity index (χ3n) is 5.35. The fraction of sp³-hybridized carbons (Fsp3) is 0.421. The Morgan fingerprint density at radius 3 is 2.62 bits per heavy atom. The minimum Gasteiger partial charge on any atom is -0.350 e. The molecule has 0 unspecified atom stereocenters. The van der Waals surface area contributed by atoms with E-state index < -0.39 is 0 Å². The highest BCUT2D eigenvalue weighted by atomic mass is 16.2. The highest BCUT2D eigenvalue weighted by Gasteiger charge is 2.46. The predicted molar refractivity (Wildman–Crippen MR) is 91.2 cm³/mol. The van der Waals surface area contributed by atoms with Gasteiger partial charge in [0, 0.05) is 50.0 Å². The summed E-state index contributed by atoms with van der Waals surface area (Å²) in [4.78, 5) is 23.2. The van der Waals surface area contributed by atoms with Gasteiger partial charge in [-0.05, 0) is 48.6 Å². The molecular formula is C19H22N4O. The van der Waals surface area contributed by atoms with Crippen LogP contribution in [0.1, 0.15) is 36.3 Å². The monoisotopic (exact) mass is 322 g/mol. The van der Waals surface area contributed by atoms with E-state index in [-0.39, 0.29) is 17.4 Å². The molecule has 1 N–H and O–H groups in total. The second kappa shape index (κ2) is 6.32. The topological polar surface area (TPSA) is 58.1 Å². The summed E-state index contributed by atoms with van der Waals surface area (Å²) in [6.07, 6.45) is 10.2. The van der Waals surface area contributed by atoms with Crippen LogP contribution in [0.4, 0.5) is 0 Å². The first-order valence-electron chi connectivity index (χ1n) is 8.57. The summed E-state index contributed by atoms with van der Waals surface area (Å²) >= 11 is 0. The van der Waals surface area contributed by atoms with Gasteiger partial charge in [0.1, 0.15) is 0 Å². The van der Waals surface area contributed by atoms with E-state index in [1.54, 1.807) is 12.4 Å². The van der Waals surface area contributed by atoms with Crippen LogP contribution in [0.25, 0.3) is 0 Å². The number of nitrogens with one attached hydrogen (secondary N) is 1. The fourth-order valence-electron chi connectivity index (χ4n) is 3.97. The molecule has 2 aromatic rings. The predicted octanol–water partition coefficient (Wildman–Crippen LogP) is 2.11. The molecule has 0 aromatic carbocycles. The number of aromatic nitrogens is 2. The lowest BCUT2D eigenvalue weighted by Gasteiger charge is -2.39. The quantitative estimate of drug-likeness (QED) is 0.940. The van der Waals surface area contributed by atoms with Crippen LogP contribution < -0.4 is 5.32 Å². The summed E-state index contributed by atoms with van der Waals surface area (Å²) in [5.41, 5.74) is 2.30. The molecule has 2 aromatic heterocycles. The second-order valence-corrected chi connectivity index (χ2v) is 6.94. The van der Waals surface area contributed by atoms with Crippen LogP contribution in [0.15, 0.2) is 49.1 Å². The van der Waals surface area contributed by atoms with Gasteiger partial charge in [0.2, 0.25) is 5.91 Å². The minimum absolute atomic E-state index is 0.0297. The molecule has 24 heavy (non-hydrogen) atoms. The normalized spacial score (nSPS) is 23.3. The zero-order valence-electron chi connectivity index (χ0n) is 13.7. The Hall–Kier alpha value is -2.27. The van der Waals surface area contributed by atoms with Crippen LogP contribution in [0.5, 0.6) is 0 Å². The number of pyridine rings is 2. The van der Waals surface area contributed by atoms with Crippen molar-refractivity contribution in [2.24, 2.45) is 0 Å². The van der Waals surface area contributed by atoms with E-state index in [0.29, 0.717) is 0 Å². The van der Waals surface area contributed by atoms with E-state index >= 15 is 0 Å². The van der Waals surface area contributed by atoms with E-state index in [2.05, 4.69) is 26.3 Å². The number of hydrogen-bond donors (Lipinski definition) is 1. The first-order chi connectivity index (χ1) is 11.7. The molecule has 0 bridgehead atoms. The first-order valence-corrected chi connectivity index (χ1v) is 8.57. The van der Waals surface area contributed by atoms with Crippen molar-refractivity contribution in [3.8, 4) is 0 Å². The van der Waals surface area contributed by atoms with Gasteiger partial charge in [-0.3, -0.25) is 19.7 Å². The Morgan fingerprint density at radius 1 is 1.12 bits per heavy atom. The van der Waals surface area contributed by atoms with Crippen LogP contribution in [0, 0.1) is 0 Å². The molecule has 4 rings (SSSR count). The molecule has 1 spiro atoms. The van der Waals surface area contributed by atoms with E-state index in [4.69, 9.17) is 0 Å². The van der Waals surface area contributed by atoms with Crippen molar-refractivity contribution in [1.82, 2.24) is 20.2 Å². The number of hydrogen-bond acceptors (Lipinski definition) is 4. The molecule has 4 heterocycles. The summed E-state index contributed by atoms with van der Waals surface area (Å²) in [6, 6.07) is 8.02. The molecule has 0 aliphatic carbocycles. The van der Waals surface area contributed by atoms with E-state index in [9.17, 15) is 4.79 Å².